The second kappa shape index (κ2) is 10.2. The van der Waals surface area contributed by atoms with Gasteiger partial charge in [0.2, 0.25) is 5.91 Å². The molecule has 10 nitrogen and oxygen atoms in total. The molecule has 2 saturated heterocycles. The largest absolute Gasteiger partial charge is 0.494 e. The van der Waals surface area contributed by atoms with Crippen molar-refractivity contribution in [2.45, 2.75) is 56.8 Å². The summed E-state index contributed by atoms with van der Waals surface area (Å²) in [6, 6.07) is 18.7. The van der Waals surface area contributed by atoms with Crippen LogP contribution in [0.1, 0.15) is 54.1 Å². The van der Waals surface area contributed by atoms with Gasteiger partial charge in [-0.2, -0.15) is 0 Å². The molecule has 5 heterocycles. The Morgan fingerprint density at radius 1 is 1.04 bits per heavy atom. The first-order valence-electron chi connectivity index (χ1n) is 16.4. The molecule has 3 unspecified atom stereocenters. The average Bonchev–Trinajstić information content (AvgIpc) is 3.46. The SMILES string of the molecule is COc1cc(C(=O)N2CC3CCC2[C@@H]3N)cc2nc(-c3cc4ccc(-c5ccc(C6CC(=O)N6)cc5)nc4n3CC3CC3)n(C)c12. The first-order valence-corrected chi connectivity index (χ1v) is 16.4. The lowest BCUT2D eigenvalue weighted by molar-refractivity contribution is -0.128. The Morgan fingerprint density at radius 2 is 1.85 bits per heavy atom. The van der Waals surface area contributed by atoms with E-state index in [0.29, 0.717) is 29.6 Å². The number of ether oxygens (including phenoxy) is 1. The number of benzene rings is 2. The van der Waals surface area contributed by atoms with Crippen molar-refractivity contribution in [3.63, 3.8) is 0 Å². The highest BCUT2D eigenvalue weighted by atomic mass is 16.5. The van der Waals surface area contributed by atoms with Gasteiger partial charge in [0.1, 0.15) is 16.9 Å². The first-order chi connectivity index (χ1) is 22.4. The smallest absolute Gasteiger partial charge is 0.254 e. The summed E-state index contributed by atoms with van der Waals surface area (Å²) in [4.78, 5) is 37.4. The number of β-lactam (4-membered cyclic amide) rings is 1. The quantitative estimate of drug-likeness (QED) is 0.254. The van der Waals surface area contributed by atoms with E-state index in [1.54, 1.807) is 7.11 Å². The van der Waals surface area contributed by atoms with Gasteiger partial charge in [0, 0.05) is 48.7 Å². The van der Waals surface area contributed by atoms with Crippen molar-refractivity contribution in [3.05, 3.63) is 65.7 Å². The number of aromatic nitrogens is 4. The van der Waals surface area contributed by atoms with Crippen LogP contribution >= 0.6 is 0 Å². The van der Waals surface area contributed by atoms with E-state index in [2.05, 4.69) is 56.9 Å². The van der Waals surface area contributed by atoms with Crippen LogP contribution < -0.4 is 15.8 Å². The molecule has 4 aliphatic rings. The highest BCUT2D eigenvalue weighted by Crippen LogP contribution is 2.40. The summed E-state index contributed by atoms with van der Waals surface area (Å²) in [5.41, 5.74) is 13.6. The van der Waals surface area contributed by atoms with Crippen molar-refractivity contribution in [2.24, 2.45) is 24.6 Å². The number of rotatable bonds is 7. The highest BCUT2D eigenvalue weighted by Gasteiger charge is 2.47. The third-order valence-corrected chi connectivity index (χ3v) is 10.8. The number of imidazole rings is 1. The molecule has 2 saturated carbocycles. The summed E-state index contributed by atoms with van der Waals surface area (Å²) in [7, 11) is 3.66. The summed E-state index contributed by atoms with van der Waals surface area (Å²) >= 11 is 0. The molecular weight excluding hydrogens is 578 g/mol. The molecule has 2 bridgehead atoms. The molecule has 9 rings (SSSR count). The molecule has 10 heteroatoms. The molecule has 4 atom stereocenters. The van der Waals surface area contributed by atoms with Crippen LogP contribution in [-0.2, 0) is 18.4 Å². The van der Waals surface area contributed by atoms with Gasteiger partial charge >= 0.3 is 0 Å². The predicted molar refractivity (Wildman–Crippen MR) is 175 cm³/mol. The third-order valence-electron chi connectivity index (χ3n) is 10.8. The zero-order valence-electron chi connectivity index (χ0n) is 26.1. The van der Waals surface area contributed by atoms with E-state index in [0.717, 1.165) is 76.3 Å². The number of pyridine rings is 1. The predicted octanol–water partition coefficient (Wildman–Crippen LogP) is 4.80. The summed E-state index contributed by atoms with van der Waals surface area (Å²) in [6.07, 6.45) is 5.03. The molecule has 46 heavy (non-hydrogen) atoms. The Labute approximate surface area is 266 Å². The Morgan fingerprint density at radius 3 is 2.52 bits per heavy atom. The van der Waals surface area contributed by atoms with Crippen LogP contribution in [0.2, 0.25) is 0 Å². The zero-order valence-corrected chi connectivity index (χ0v) is 26.1. The van der Waals surface area contributed by atoms with Crippen molar-refractivity contribution in [1.82, 2.24) is 29.3 Å². The van der Waals surface area contributed by atoms with E-state index in [-0.39, 0.29) is 29.9 Å². The maximum Gasteiger partial charge on any atom is 0.254 e. The van der Waals surface area contributed by atoms with E-state index in [9.17, 15) is 9.59 Å². The molecule has 234 valence electrons. The van der Waals surface area contributed by atoms with Crippen LogP contribution in [0.4, 0.5) is 0 Å². The van der Waals surface area contributed by atoms with Crippen molar-refractivity contribution < 1.29 is 14.3 Å². The van der Waals surface area contributed by atoms with Crippen LogP contribution in [0.3, 0.4) is 0 Å². The molecule has 3 aromatic heterocycles. The number of methoxy groups -OCH3 is 1. The van der Waals surface area contributed by atoms with E-state index in [1.807, 2.05) is 24.1 Å². The van der Waals surface area contributed by atoms with Gasteiger partial charge in [0.25, 0.3) is 5.91 Å². The Bertz CT molecular complexity index is 2050. The van der Waals surface area contributed by atoms with Gasteiger partial charge in [-0.05, 0) is 73.4 Å². The van der Waals surface area contributed by atoms with Gasteiger partial charge in [-0.1, -0.05) is 24.3 Å². The molecule has 5 aromatic rings. The summed E-state index contributed by atoms with van der Waals surface area (Å²) < 4.78 is 10.3. The Balaban J connectivity index is 1.11. The lowest BCUT2D eigenvalue weighted by atomic mass is 9.96. The topological polar surface area (TPSA) is 120 Å². The average molecular weight is 616 g/mol. The van der Waals surface area contributed by atoms with Gasteiger partial charge in [0.15, 0.2) is 5.82 Å². The van der Waals surface area contributed by atoms with Gasteiger partial charge < -0.3 is 29.8 Å². The molecule has 2 aliphatic heterocycles. The van der Waals surface area contributed by atoms with Crippen LogP contribution in [0.25, 0.3) is 44.8 Å². The number of nitrogens with zero attached hydrogens (tertiary/aromatic N) is 5. The van der Waals surface area contributed by atoms with Crippen LogP contribution in [0.15, 0.2) is 54.6 Å². The van der Waals surface area contributed by atoms with E-state index in [4.69, 9.17) is 20.4 Å². The van der Waals surface area contributed by atoms with Crippen LogP contribution in [-0.4, -0.2) is 61.6 Å². The first kappa shape index (κ1) is 27.6. The molecule has 2 amide bonds. The van der Waals surface area contributed by atoms with Crippen LogP contribution in [0, 0.1) is 11.8 Å². The van der Waals surface area contributed by atoms with Crippen molar-refractivity contribution in [2.75, 3.05) is 13.7 Å². The number of hydrogen-bond donors (Lipinski definition) is 2. The number of nitrogens with two attached hydrogens (primary N) is 1. The number of likely N-dealkylation sites (tertiary alicyclic amines) is 1. The molecule has 2 aliphatic carbocycles. The van der Waals surface area contributed by atoms with Crippen molar-refractivity contribution >= 4 is 33.9 Å². The number of piperidine rings is 1. The minimum absolute atomic E-state index is 0.0000932. The number of aryl methyl sites for hydroxylation is 1. The summed E-state index contributed by atoms with van der Waals surface area (Å²) in [5.74, 6) is 2.55. The lowest BCUT2D eigenvalue weighted by Crippen LogP contribution is -2.41. The molecule has 4 fully saturated rings. The second-order valence-corrected chi connectivity index (χ2v) is 13.6. The zero-order chi connectivity index (χ0) is 31.3. The van der Waals surface area contributed by atoms with Crippen molar-refractivity contribution in [1.29, 1.82) is 0 Å². The second-order valence-electron chi connectivity index (χ2n) is 13.6. The maximum absolute atomic E-state index is 13.7. The third kappa shape index (κ3) is 4.26. The number of carbonyl (C=O) groups is 2. The van der Waals surface area contributed by atoms with E-state index < -0.39 is 0 Å². The Kier molecular flexibility index (Phi) is 6.09. The normalized spacial score (nSPS) is 23.7. The summed E-state index contributed by atoms with van der Waals surface area (Å²) in [6.45, 7) is 1.59. The molecule has 2 aromatic carbocycles. The standard InChI is InChI=1S/C36H37N7O3/c1-41-33-27(13-24(15-30(33)46-2)36(45)43-18-23-10-12-28(43)32(23)37)40-35(41)29-14-22-9-11-25(39-34(22)42(29)17-19-3-4-19)20-5-7-21(8-6-20)26-16-31(44)38-26/h5-9,11,13-15,19,23,26,28,32H,3-4,10,12,16-18,37H2,1-2H3,(H,38,44)/t23?,26?,28?,32-/m1/s1. The number of nitrogens with one attached hydrogen (secondary N) is 1. The summed E-state index contributed by atoms with van der Waals surface area (Å²) in [5, 5.41) is 4.00. The number of fused-ring (bicyclic) bond motifs is 4. The van der Waals surface area contributed by atoms with Gasteiger partial charge in [-0.25, -0.2) is 9.97 Å². The molecule has 3 N–H and O–H groups in total. The van der Waals surface area contributed by atoms with Gasteiger partial charge in [0.05, 0.1) is 36.5 Å². The fourth-order valence-electron chi connectivity index (χ4n) is 7.93. The molecule has 0 spiro atoms. The minimum Gasteiger partial charge on any atom is -0.494 e. The van der Waals surface area contributed by atoms with E-state index in [1.165, 1.54) is 12.8 Å². The van der Waals surface area contributed by atoms with E-state index >= 15 is 0 Å². The minimum atomic E-state index is 0.0000932. The fraction of sp³-hybridized carbons (Fsp3) is 0.389. The maximum atomic E-state index is 13.7. The van der Waals surface area contributed by atoms with Crippen LogP contribution in [0.5, 0.6) is 5.75 Å². The number of amides is 2. The highest BCUT2D eigenvalue weighted by molar-refractivity contribution is 6.00. The number of carbonyl (C=O) groups excluding carboxylic acids is 2. The molecule has 0 radical (unpaired) electrons. The lowest BCUT2D eigenvalue weighted by Gasteiger charge is -2.27. The Hall–Kier alpha value is -4.70. The van der Waals surface area contributed by atoms with Gasteiger partial charge in [-0.15, -0.1) is 0 Å². The molecular formula is C36H37N7O3. The monoisotopic (exact) mass is 615 g/mol. The number of hydrogen-bond acceptors (Lipinski definition) is 6. The van der Waals surface area contributed by atoms with Gasteiger partial charge in [-0.3, -0.25) is 9.59 Å². The van der Waals surface area contributed by atoms with Crippen molar-refractivity contribution in [3.8, 4) is 28.5 Å². The fourth-order valence-corrected chi connectivity index (χ4v) is 7.93.